The molecule has 3 rings (SSSR count). The molecule has 6 nitrogen and oxygen atoms in total. The maximum atomic E-state index is 14.5. The summed E-state index contributed by atoms with van der Waals surface area (Å²) in [6.07, 6.45) is 0.519. The van der Waals surface area contributed by atoms with Crippen molar-refractivity contribution in [1.29, 1.82) is 0 Å². The van der Waals surface area contributed by atoms with Gasteiger partial charge in [0.15, 0.2) is 0 Å². The first-order chi connectivity index (χ1) is 11.5. The Bertz CT molecular complexity index is 692. The molecule has 1 atom stereocenters. The third-order valence-electron chi connectivity index (χ3n) is 4.24. The Morgan fingerprint density at radius 1 is 1.38 bits per heavy atom. The van der Waals surface area contributed by atoms with Gasteiger partial charge in [-0.1, -0.05) is 10.3 Å². The van der Waals surface area contributed by atoms with Gasteiger partial charge in [0.2, 0.25) is 0 Å². The van der Waals surface area contributed by atoms with Gasteiger partial charge in [-0.25, -0.2) is 8.78 Å². The van der Waals surface area contributed by atoms with Crippen LogP contribution in [0.15, 0.2) is 22.4 Å². The zero-order valence-electron chi connectivity index (χ0n) is 12.8. The first kappa shape index (κ1) is 17.0. The largest absolute Gasteiger partial charge is 0.392 e. The molecule has 1 saturated heterocycles. The lowest BCUT2D eigenvalue weighted by Gasteiger charge is -2.32. The molecule has 0 saturated carbocycles. The van der Waals surface area contributed by atoms with Crippen molar-refractivity contribution in [2.45, 2.75) is 31.0 Å². The fourth-order valence-corrected chi connectivity index (χ4v) is 4.14. The predicted octanol–water partition coefficient (Wildman–Crippen LogP) is 3.48. The summed E-state index contributed by atoms with van der Waals surface area (Å²) in [5, 5.41) is 17.8. The van der Waals surface area contributed by atoms with Crippen molar-refractivity contribution in [3.63, 3.8) is 0 Å². The molecule has 1 aromatic rings. The van der Waals surface area contributed by atoms with Crippen LogP contribution in [-0.4, -0.2) is 35.0 Å². The molecule has 0 spiro atoms. The number of benzene rings is 1. The highest BCUT2D eigenvalue weighted by molar-refractivity contribution is 7.99. The molecule has 0 amide bonds. The number of nitrogens with zero attached hydrogens (tertiary/aromatic N) is 4. The van der Waals surface area contributed by atoms with Crippen molar-refractivity contribution in [1.82, 2.24) is 0 Å². The predicted molar refractivity (Wildman–Crippen MR) is 86.9 cm³/mol. The van der Waals surface area contributed by atoms with Crippen LogP contribution in [0.2, 0.25) is 0 Å². The lowest BCUT2D eigenvalue weighted by Crippen LogP contribution is -2.33. The van der Waals surface area contributed by atoms with Crippen LogP contribution in [0.5, 0.6) is 0 Å². The fourth-order valence-electron chi connectivity index (χ4n) is 2.97. The van der Waals surface area contributed by atoms with Gasteiger partial charge in [0.25, 0.3) is 0 Å². The average molecular weight is 354 g/mol. The second-order valence-electron chi connectivity index (χ2n) is 5.84. The highest BCUT2D eigenvalue weighted by atomic mass is 32.2. The summed E-state index contributed by atoms with van der Waals surface area (Å²) in [5.74, 6) is -0.224. The molecule has 128 valence electrons. The molecule has 1 fully saturated rings. The van der Waals surface area contributed by atoms with E-state index < -0.39 is 23.3 Å². The molecule has 0 aliphatic carbocycles. The average Bonchev–Trinajstić information content (AvgIpc) is 3.01. The van der Waals surface area contributed by atoms with Crippen molar-refractivity contribution in [2.75, 3.05) is 18.1 Å². The van der Waals surface area contributed by atoms with Gasteiger partial charge in [-0.15, -0.1) is 0 Å². The SMILES string of the molecule is [N-]=[N+]=NC[C@H]1CC(c2cc(F)c(C3(O)CCSCC3)c(F)c2)=NO1. The number of oxime groups is 1. The van der Waals surface area contributed by atoms with Gasteiger partial charge < -0.3 is 9.94 Å². The van der Waals surface area contributed by atoms with E-state index in [-0.39, 0.29) is 17.7 Å². The molecule has 0 radical (unpaired) electrons. The number of halogens is 2. The Morgan fingerprint density at radius 2 is 2.04 bits per heavy atom. The van der Waals surface area contributed by atoms with E-state index in [2.05, 4.69) is 15.2 Å². The lowest BCUT2D eigenvalue weighted by molar-refractivity contribution is 0.0208. The van der Waals surface area contributed by atoms with Crippen molar-refractivity contribution in [3.05, 3.63) is 45.3 Å². The Hall–Kier alpha value is -1.83. The first-order valence-corrected chi connectivity index (χ1v) is 8.72. The van der Waals surface area contributed by atoms with Crippen molar-refractivity contribution in [2.24, 2.45) is 10.3 Å². The van der Waals surface area contributed by atoms with E-state index in [0.717, 1.165) is 0 Å². The molecule has 24 heavy (non-hydrogen) atoms. The second-order valence-corrected chi connectivity index (χ2v) is 7.07. The maximum Gasteiger partial charge on any atom is 0.138 e. The van der Waals surface area contributed by atoms with Crippen molar-refractivity contribution < 1.29 is 18.7 Å². The van der Waals surface area contributed by atoms with Gasteiger partial charge in [0.05, 0.1) is 23.4 Å². The molecule has 1 aromatic carbocycles. The summed E-state index contributed by atoms with van der Waals surface area (Å²) in [5.41, 5.74) is 7.23. The van der Waals surface area contributed by atoms with E-state index in [0.29, 0.717) is 36.5 Å². The summed E-state index contributed by atoms with van der Waals surface area (Å²) >= 11 is 1.66. The monoisotopic (exact) mass is 354 g/mol. The van der Waals surface area contributed by atoms with E-state index in [4.69, 9.17) is 10.4 Å². The maximum absolute atomic E-state index is 14.5. The van der Waals surface area contributed by atoms with Gasteiger partial charge >= 0.3 is 0 Å². The Balaban J connectivity index is 1.84. The van der Waals surface area contributed by atoms with Crippen LogP contribution in [0.1, 0.15) is 30.4 Å². The number of hydrogen-bond acceptors (Lipinski definition) is 5. The zero-order valence-corrected chi connectivity index (χ0v) is 13.6. The van der Waals surface area contributed by atoms with Crippen LogP contribution in [0.4, 0.5) is 8.78 Å². The molecule has 0 bridgehead atoms. The number of hydrogen-bond donors (Lipinski definition) is 1. The second kappa shape index (κ2) is 6.96. The van der Waals surface area contributed by atoms with Gasteiger partial charge in [0, 0.05) is 16.9 Å². The summed E-state index contributed by atoms with van der Waals surface area (Å²) in [7, 11) is 0. The normalized spacial score (nSPS) is 22.5. The highest BCUT2D eigenvalue weighted by Gasteiger charge is 2.37. The van der Waals surface area contributed by atoms with Crippen LogP contribution in [0.25, 0.3) is 10.4 Å². The van der Waals surface area contributed by atoms with E-state index in [1.54, 1.807) is 11.8 Å². The Kier molecular flexibility index (Phi) is 4.93. The zero-order chi connectivity index (χ0) is 17.2. The summed E-state index contributed by atoms with van der Waals surface area (Å²) < 4.78 is 29.0. The van der Waals surface area contributed by atoms with Crippen LogP contribution in [0, 0.1) is 11.6 Å². The summed E-state index contributed by atoms with van der Waals surface area (Å²) in [6, 6.07) is 2.35. The fraction of sp³-hybridized carbons (Fsp3) is 0.533. The van der Waals surface area contributed by atoms with Crippen LogP contribution in [-0.2, 0) is 10.4 Å². The van der Waals surface area contributed by atoms with Crippen LogP contribution in [0.3, 0.4) is 0 Å². The van der Waals surface area contributed by atoms with Crippen LogP contribution >= 0.6 is 11.8 Å². The molecule has 0 unspecified atom stereocenters. The quantitative estimate of drug-likeness (QED) is 0.510. The minimum Gasteiger partial charge on any atom is -0.392 e. The number of azide groups is 1. The minimum absolute atomic E-state index is 0.101. The molecular weight excluding hydrogens is 338 g/mol. The standard InChI is InChI=1S/C15H16F2N4O2S/c16-11-5-9(13-7-10(23-20-13)8-19-21-18)6-12(17)14(11)15(22)1-3-24-4-2-15/h5-6,10,22H,1-4,7-8H2/t10-/m1/s1. The number of rotatable bonds is 4. The lowest BCUT2D eigenvalue weighted by atomic mass is 9.86. The highest BCUT2D eigenvalue weighted by Crippen LogP contribution is 2.39. The van der Waals surface area contributed by atoms with Crippen molar-refractivity contribution >= 4 is 17.5 Å². The van der Waals surface area contributed by atoms with Gasteiger partial charge in [0.1, 0.15) is 17.7 Å². The van der Waals surface area contributed by atoms with Gasteiger partial charge in [-0.3, -0.25) is 0 Å². The van der Waals surface area contributed by atoms with E-state index in [1.165, 1.54) is 12.1 Å². The number of thioether (sulfide) groups is 1. The van der Waals surface area contributed by atoms with Gasteiger partial charge in [-0.05, 0) is 42.0 Å². The molecule has 2 aliphatic heterocycles. The third kappa shape index (κ3) is 3.33. The van der Waals surface area contributed by atoms with E-state index in [9.17, 15) is 13.9 Å². The Morgan fingerprint density at radius 3 is 2.67 bits per heavy atom. The Labute approximate surface area is 141 Å². The molecule has 2 aliphatic rings. The minimum atomic E-state index is -1.46. The molecule has 1 N–H and O–H groups in total. The third-order valence-corrected chi connectivity index (χ3v) is 5.23. The van der Waals surface area contributed by atoms with E-state index >= 15 is 0 Å². The molecule has 2 heterocycles. The van der Waals surface area contributed by atoms with E-state index in [1.807, 2.05) is 0 Å². The molecular formula is C15H16F2N4O2S. The topological polar surface area (TPSA) is 90.6 Å². The summed E-state index contributed by atoms with van der Waals surface area (Å²) in [6.45, 7) is 0.101. The number of aliphatic hydroxyl groups is 1. The van der Waals surface area contributed by atoms with Crippen LogP contribution < -0.4 is 0 Å². The smallest absolute Gasteiger partial charge is 0.138 e. The van der Waals surface area contributed by atoms with Gasteiger partial charge in [-0.2, -0.15) is 11.8 Å². The summed E-state index contributed by atoms with van der Waals surface area (Å²) in [4.78, 5) is 7.73. The first-order valence-electron chi connectivity index (χ1n) is 7.57. The molecule has 0 aromatic heterocycles. The molecule has 9 heteroatoms. The van der Waals surface area contributed by atoms with Crippen molar-refractivity contribution in [3.8, 4) is 0 Å².